The molecule has 0 radical (unpaired) electrons. The molecule has 220 valence electrons. The van der Waals surface area contributed by atoms with Gasteiger partial charge < -0.3 is 24.7 Å². The number of hydrogen-bond donors (Lipinski definition) is 3. The van der Waals surface area contributed by atoms with Crippen LogP contribution in [0.3, 0.4) is 0 Å². The summed E-state index contributed by atoms with van der Waals surface area (Å²) in [5, 5.41) is 22.9. The Bertz CT molecular complexity index is 1750. The summed E-state index contributed by atoms with van der Waals surface area (Å²) in [7, 11) is -0.222. The monoisotopic (exact) mass is 593 g/mol. The van der Waals surface area contributed by atoms with Crippen molar-refractivity contribution in [3.63, 3.8) is 0 Å². The molecule has 3 aromatic carbocycles. The van der Waals surface area contributed by atoms with Crippen LogP contribution in [0, 0.1) is 5.82 Å². The number of nitrogens with zero attached hydrogens (tertiary/aromatic N) is 2. The average molecular weight is 593 g/mol. The molecule has 12 heteroatoms. The van der Waals surface area contributed by atoms with Gasteiger partial charge >= 0.3 is 7.12 Å². The summed E-state index contributed by atoms with van der Waals surface area (Å²) in [6.45, 7) is 0.430. The molecule has 1 amide bonds. The molecule has 0 unspecified atom stereocenters. The van der Waals surface area contributed by atoms with Crippen molar-refractivity contribution >= 4 is 45.2 Å². The number of hydrogen-bond acceptors (Lipinski definition) is 7. The molecule has 1 aromatic heterocycles. The molecule has 42 heavy (non-hydrogen) atoms. The lowest BCUT2D eigenvalue weighted by molar-refractivity contribution is 0.0964. The SMILES string of the molecule is CNC(=O)c1c(-c2ccc(F)cc2)oc2cc(N(Cc3ccc(B(O)O)c(CN(C)C)c3)S(C)(=O)=O)c(C3CC3)cc12. The van der Waals surface area contributed by atoms with Gasteiger partial charge in [-0.2, -0.15) is 0 Å². The normalized spacial score (nSPS) is 13.5. The summed E-state index contributed by atoms with van der Waals surface area (Å²) in [5.41, 5.74) is 4.07. The van der Waals surface area contributed by atoms with E-state index in [1.54, 1.807) is 24.3 Å². The largest absolute Gasteiger partial charge is 0.488 e. The summed E-state index contributed by atoms with van der Waals surface area (Å²) in [5.74, 6) is -0.414. The van der Waals surface area contributed by atoms with Crippen molar-refractivity contribution in [3.05, 3.63) is 82.7 Å². The fraction of sp³-hybridized carbons (Fsp3) is 0.300. The first-order valence-corrected chi connectivity index (χ1v) is 15.4. The van der Waals surface area contributed by atoms with E-state index < -0.39 is 23.0 Å². The van der Waals surface area contributed by atoms with Crippen LogP contribution < -0.4 is 15.1 Å². The minimum atomic E-state index is -3.80. The number of sulfonamides is 1. The maximum absolute atomic E-state index is 13.7. The van der Waals surface area contributed by atoms with Gasteiger partial charge in [0.1, 0.15) is 17.2 Å². The van der Waals surface area contributed by atoms with Gasteiger partial charge in [0.05, 0.1) is 24.1 Å². The van der Waals surface area contributed by atoms with Gasteiger partial charge in [0.25, 0.3) is 5.91 Å². The Morgan fingerprint density at radius 3 is 2.33 bits per heavy atom. The van der Waals surface area contributed by atoms with Gasteiger partial charge in [0.15, 0.2) is 0 Å². The summed E-state index contributed by atoms with van der Waals surface area (Å²) < 4.78 is 47.8. The number of rotatable bonds is 10. The first kappa shape index (κ1) is 29.8. The van der Waals surface area contributed by atoms with Crippen LogP contribution in [0.5, 0.6) is 0 Å². The summed E-state index contributed by atoms with van der Waals surface area (Å²) >= 11 is 0. The van der Waals surface area contributed by atoms with Gasteiger partial charge in [-0.15, -0.1) is 0 Å². The Kier molecular flexibility index (Phi) is 8.17. The quantitative estimate of drug-likeness (QED) is 0.242. The third-order valence-corrected chi connectivity index (χ3v) is 8.51. The van der Waals surface area contributed by atoms with Crippen molar-refractivity contribution in [2.45, 2.75) is 31.8 Å². The van der Waals surface area contributed by atoms with E-state index in [-0.39, 0.29) is 24.1 Å². The number of fused-ring (bicyclic) bond motifs is 1. The van der Waals surface area contributed by atoms with E-state index in [2.05, 4.69) is 5.32 Å². The highest BCUT2D eigenvalue weighted by atomic mass is 32.2. The Labute approximate surface area is 244 Å². The Balaban J connectivity index is 1.67. The topological polar surface area (TPSA) is 123 Å². The van der Waals surface area contributed by atoms with Gasteiger partial charge in [-0.3, -0.25) is 9.10 Å². The first-order chi connectivity index (χ1) is 19.9. The highest BCUT2D eigenvalue weighted by Gasteiger charge is 2.33. The van der Waals surface area contributed by atoms with Crippen molar-refractivity contribution in [3.8, 4) is 11.3 Å². The molecule has 1 fully saturated rings. The Morgan fingerprint density at radius 2 is 1.76 bits per heavy atom. The van der Waals surface area contributed by atoms with Crippen molar-refractivity contribution in [2.24, 2.45) is 0 Å². The molecule has 0 spiro atoms. The molecule has 4 aromatic rings. The van der Waals surface area contributed by atoms with E-state index in [9.17, 15) is 27.7 Å². The zero-order valence-electron chi connectivity index (χ0n) is 23.9. The lowest BCUT2D eigenvalue weighted by Gasteiger charge is -2.26. The molecule has 3 N–H and O–H groups in total. The van der Waals surface area contributed by atoms with Gasteiger partial charge in [0.2, 0.25) is 10.0 Å². The fourth-order valence-electron chi connectivity index (χ4n) is 5.28. The molecule has 5 rings (SSSR count). The van der Waals surface area contributed by atoms with Crippen LogP contribution >= 0.6 is 0 Å². The minimum absolute atomic E-state index is 0.000122. The van der Waals surface area contributed by atoms with E-state index in [1.165, 1.54) is 35.6 Å². The second-order valence-corrected chi connectivity index (χ2v) is 12.9. The molecule has 0 bridgehead atoms. The second kappa shape index (κ2) is 11.5. The molecule has 1 aliphatic rings. The molecular weight excluding hydrogens is 560 g/mol. The molecule has 0 aliphatic heterocycles. The fourth-order valence-corrected chi connectivity index (χ4v) is 6.17. The lowest BCUT2D eigenvalue weighted by Crippen LogP contribution is -2.35. The van der Waals surface area contributed by atoms with Crippen LogP contribution in [0.1, 0.15) is 45.8 Å². The van der Waals surface area contributed by atoms with Crippen molar-refractivity contribution < 1.29 is 32.1 Å². The first-order valence-electron chi connectivity index (χ1n) is 13.6. The van der Waals surface area contributed by atoms with E-state index in [0.29, 0.717) is 50.9 Å². The highest BCUT2D eigenvalue weighted by Crippen LogP contribution is 2.48. The van der Waals surface area contributed by atoms with Crippen LogP contribution in [0.25, 0.3) is 22.3 Å². The number of furan rings is 1. The predicted octanol–water partition coefficient (Wildman–Crippen LogP) is 3.18. The minimum Gasteiger partial charge on any atom is -0.455 e. The number of anilines is 1. The molecule has 1 aliphatic carbocycles. The van der Waals surface area contributed by atoms with Gasteiger partial charge in [-0.1, -0.05) is 18.2 Å². The number of amides is 1. The maximum atomic E-state index is 13.7. The molecule has 1 heterocycles. The predicted molar refractivity (Wildman–Crippen MR) is 162 cm³/mol. The van der Waals surface area contributed by atoms with Gasteiger partial charge in [-0.05, 0) is 85.3 Å². The van der Waals surface area contributed by atoms with Gasteiger partial charge in [0, 0.05) is 30.6 Å². The smallest absolute Gasteiger partial charge is 0.455 e. The van der Waals surface area contributed by atoms with E-state index >= 15 is 0 Å². The van der Waals surface area contributed by atoms with E-state index in [1.807, 2.05) is 25.1 Å². The van der Waals surface area contributed by atoms with Crippen LogP contribution in [0.2, 0.25) is 0 Å². The van der Waals surface area contributed by atoms with Crippen LogP contribution in [-0.4, -0.2) is 63.8 Å². The Morgan fingerprint density at radius 1 is 1.07 bits per heavy atom. The van der Waals surface area contributed by atoms with E-state index in [0.717, 1.165) is 24.7 Å². The number of carbonyl (C=O) groups is 1. The second-order valence-electron chi connectivity index (χ2n) is 11.0. The molecule has 1 saturated carbocycles. The number of benzene rings is 3. The number of carbonyl (C=O) groups excluding carboxylic acids is 1. The van der Waals surface area contributed by atoms with Crippen LogP contribution in [0.4, 0.5) is 10.1 Å². The summed E-state index contributed by atoms with van der Waals surface area (Å²) in [6, 6.07) is 14.2. The number of halogens is 1. The summed E-state index contributed by atoms with van der Waals surface area (Å²) in [4.78, 5) is 14.9. The lowest BCUT2D eigenvalue weighted by atomic mass is 9.76. The zero-order valence-corrected chi connectivity index (χ0v) is 24.7. The van der Waals surface area contributed by atoms with Crippen molar-refractivity contribution in [1.82, 2.24) is 10.2 Å². The van der Waals surface area contributed by atoms with Crippen molar-refractivity contribution in [1.29, 1.82) is 0 Å². The molecule has 9 nitrogen and oxygen atoms in total. The number of nitrogens with one attached hydrogen (secondary N) is 1. The van der Waals surface area contributed by atoms with Crippen molar-refractivity contribution in [2.75, 3.05) is 31.7 Å². The average Bonchev–Trinajstić information content (AvgIpc) is 3.70. The maximum Gasteiger partial charge on any atom is 0.488 e. The Hall–Kier alpha value is -3.71. The van der Waals surface area contributed by atoms with Gasteiger partial charge in [-0.25, -0.2) is 12.8 Å². The highest BCUT2D eigenvalue weighted by molar-refractivity contribution is 7.92. The molecule has 0 saturated heterocycles. The zero-order chi connectivity index (χ0) is 30.3. The molecule has 0 atom stereocenters. The standard InChI is InChI=1S/C30H33BFN3O6S/c1-33-30(36)28-24-14-23(19-6-7-19)26(15-27(24)41-29(28)20-8-10-22(32)11-9-20)35(42(4,39)40)16-18-5-12-25(31(37)38)21(13-18)17-34(2)3/h5,8-15,19,37-38H,6-7,16-17H2,1-4H3,(H,33,36). The third-order valence-electron chi connectivity index (χ3n) is 7.38. The van der Waals surface area contributed by atoms with Crippen LogP contribution in [-0.2, 0) is 23.1 Å². The summed E-state index contributed by atoms with van der Waals surface area (Å²) in [6.07, 6.45) is 2.90. The van der Waals surface area contributed by atoms with Crippen LogP contribution in [0.15, 0.2) is 59.0 Å². The molecular formula is C30H33BFN3O6S. The van der Waals surface area contributed by atoms with E-state index in [4.69, 9.17) is 4.42 Å². The third kappa shape index (κ3) is 6.07.